The lowest BCUT2D eigenvalue weighted by Gasteiger charge is -2.25. The summed E-state index contributed by atoms with van der Waals surface area (Å²) in [4.78, 5) is 2.42. The summed E-state index contributed by atoms with van der Waals surface area (Å²) in [5.41, 5.74) is 7.54. The number of rotatable bonds is 4. The number of hydrogen-bond donors (Lipinski definition) is 4. The van der Waals surface area contributed by atoms with Gasteiger partial charge in [-0.15, -0.1) is 0 Å². The second kappa shape index (κ2) is 4.49. The lowest BCUT2D eigenvalue weighted by molar-refractivity contribution is 0.412. The Morgan fingerprint density at radius 2 is 2.18 bits per heavy atom. The molecular weight excluding hydrogens is 214 g/mol. The molecule has 0 bridgehead atoms. The maximum Gasteiger partial charge on any atom is 0.120 e. The molecule has 5 heteroatoms. The van der Waals surface area contributed by atoms with E-state index in [1.807, 2.05) is 13.2 Å². The van der Waals surface area contributed by atoms with Crippen molar-refractivity contribution >= 4 is 0 Å². The van der Waals surface area contributed by atoms with Crippen molar-refractivity contribution in [3.8, 4) is 0 Å². The van der Waals surface area contributed by atoms with Crippen molar-refractivity contribution in [2.75, 3.05) is 20.1 Å². The highest BCUT2D eigenvalue weighted by Gasteiger charge is 2.25. The molecule has 2 fully saturated rings. The van der Waals surface area contributed by atoms with Gasteiger partial charge in [-0.25, -0.2) is 0 Å². The highest BCUT2D eigenvalue weighted by molar-refractivity contribution is 5.25. The van der Waals surface area contributed by atoms with Crippen LogP contribution in [0, 0.1) is 0 Å². The third-order valence-corrected chi connectivity index (χ3v) is 3.62. The zero-order valence-electron chi connectivity index (χ0n) is 10.3. The van der Waals surface area contributed by atoms with E-state index in [4.69, 9.17) is 0 Å². The van der Waals surface area contributed by atoms with Gasteiger partial charge in [0.2, 0.25) is 0 Å². The monoisotopic (exact) mass is 235 g/mol. The summed E-state index contributed by atoms with van der Waals surface area (Å²) in [5.74, 6) is 1.10. The molecule has 0 aromatic rings. The van der Waals surface area contributed by atoms with Crippen LogP contribution in [0.2, 0.25) is 0 Å². The van der Waals surface area contributed by atoms with Crippen LogP contribution >= 0.6 is 0 Å². The largest absolute Gasteiger partial charge is 0.369 e. The van der Waals surface area contributed by atoms with Crippen LogP contribution in [-0.4, -0.2) is 37.1 Å². The van der Waals surface area contributed by atoms with Gasteiger partial charge in [0.25, 0.3) is 0 Å². The quantitative estimate of drug-likeness (QED) is 0.545. The topological polar surface area (TPSA) is 51.4 Å². The van der Waals surface area contributed by atoms with Crippen molar-refractivity contribution in [2.45, 2.75) is 31.3 Å². The summed E-state index contributed by atoms with van der Waals surface area (Å²) in [7, 11) is 2.04. The van der Waals surface area contributed by atoms with Gasteiger partial charge in [0, 0.05) is 37.4 Å². The summed E-state index contributed by atoms with van der Waals surface area (Å²) in [6.07, 6.45) is 8.05. The van der Waals surface area contributed by atoms with E-state index >= 15 is 0 Å². The van der Waals surface area contributed by atoms with E-state index in [9.17, 15) is 0 Å². The van der Waals surface area contributed by atoms with E-state index in [1.165, 1.54) is 25.0 Å². The molecule has 2 heterocycles. The van der Waals surface area contributed by atoms with E-state index in [1.54, 1.807) is 0 Å². The minimum Gasteiger partial charge on any atom is -0.369 e. The predicted molar refractivity (Wildman–Crippen MR) is 67.6 cm³/mol. The van der Waals surface area contributed by atoms with Crippen LogP contribution < -0.4 is 21.5 Å². The van der Waals surface area contributed by atoms with Gasteiger partial charge >= 0.3 is 0 Å². The molecule has 5 nitrogen and oxygen atoms in total. The molecule has 3 aliphatic rings. The average Bonchev–Trinajstić information content (AvgIpc) is 3.04. The molecule has 0 amide bonds. The molecule has 0 spiro atoms. The fourth-order valence-corrected chi connectivity index (χ4v) is 2.35. The number of likely N-dealkylation sites (N-methyl/N-ethyl adjacent to an activating group) is 1. The van der Waals surface area contributed by atoms with Crippen molar-refractivity contribution in [1.29, 1.82) is 0 Å². The zero-order valence-corrected chi connectivity index (χ0v) is 10.3. The standard InChI is InChI=1S/C12H21N5/c1-13-10-4-5-17(8-10)11-6-12(16-14-7-11)15-9-2-3-9/h6-7,9-10,13-16H,2-5,8H2,1H3/t10-/m1/s1. The molecule has 0 unspecified atom stereocenters. The second-order valence-electron chi connectivity index (χ2n) is 5.04. The molecule has 94 valence electrons. The predicted octanol–water partition coefficient (Wildman–Crippen LogP) is -0.177. The molecule has 3 rings (SSSR count). The van der Waals surface area contributed by atoms with Crippen molar-refractivity contribution in [3.63, 3.8) is 0 Å². The lowest BCUT2D eigenvalue weighted by Crippen LogP contribution is -2.40. The van der Waals surface area contributed by atoms with Gasteiger partial charge in [0.15, 0.2) is 0 Å². The van der Waals surface area contributed by atoms with E-state index in [2.05, 4.69) is 32.5 Å². The molecule has 1 saturated carbocycles. The summed E-state index contributed by atoms with van der Waals surface area (Å²) < 4.78 is 0. The normalized spacial score (nSPS) is 28.1. The number of hydrogen-bond acceptors (Lipinski definition) is 5. The number of likely N-dealkylation sites (tertiary alicyclic amines) is 1. The SMILES string of the molecule is CN[C@@H]1CCN(C2=CNNC(NC3CC3)=C2)C1. The summed E-state index contributed by atoms with van der Waals surface area (Å²) >= 11 is 0. The van der Waals surface area contributed by atoms with Gasteiger partial charge in [0.1, 0.15) is 5.82 Å². The van der Waals surface area contributed by atoms with Gasteiger partial charge in [-0.05, 0) is 26.3 Å². The Labute approximate surface area is 102 Å². The summed E-state index contributed by atoms with van der Waals surface area (Å²) in [6.45, 7) is 2.23. The van der Waals surface area contributed by atoms with Gasteiger partial charge in [0.05, 0.1) is 5.70 Å². The van der Waals surface area contributed by atoms with Crippen LogP contribution in [0.4, 0.5) is 0 Å². The highest BCUT2D eigenvalue weighted by atomic mass is 15.4. The smallest absolute Gasteiger partial charge is 0.120 e. The Kier molecular flexibility index (Phi) is 2.84. The molecule has 2 aliphatic heterocycles. The molecule has 1 saturated heterocycles. The van der Waals surface area contributed by atoms with Crippen LogP contribution in [0.1, 0.15) is 19.3 Å². The Hall–Kier alpha value is -1.36. The van der Waals surface area contributed by atoms with Gasteiger partial charge in [-0.1, -0.05) is 0 Å². The molecule has 0 radical (unpaired) electrons. The Balaban J connectivity index is 1.62. The number of nitrogens with zero attached hydrogens (tertiary/aromatic N) is 1. The van der Waals surface area contributed by atoms with Crippen LogP contribution in [0.5, 0.6) is 0 Å². The Morgan fingerprint density at radius 1 is 1.29 bits per heavy atom. The van der Waals surface area contributed by atoms with Crippen LogP contribution in [-0.2, 0) is 0 Å². The van der Waals surface area contributed by atoms with Crippen molar-refractivity contribution in [3.05, 3.63) is 23.8 Å². The summed E-state index contributed by atoms with van der Waals surface area (Å²) in [5, 5.41) is 6.82. The molecule has 4 N–H and O–H groups in total. The fourth-order valence-electron chi connectivity index (χ4n) is 2.35. The minimum absolute atomic E-state index is 0.624. The van der Waals surface area contributed by atoms with Gasteiger partial charge in [-0.3, -0.25) is 5.43 Å². The van der Waals surface area contributed by atoms with Crippen molar-refractivity contribution in [1.82, 2.24) is 26.4 Å². The average molecular weight is 235 g/mol. The first-order valence-electron chi connectivity index (χ1n) is 6.47. The minimum atomic E-state index is 0.624. The third kappa shape index (κ3) is 2.49. The first-order chi connectivity index (χ1) is 8.35. The molecule has 0 aromatic heterocycles. The fraction of sp³-hybridized carbons (Fsp3) is 0.667. The van der Waals surface area contributed by atoms with Crippen molar-refractivity contribution < 1.29 is 0 Å². The maximum absolute atomic E-state index is 3.48. The molecule has 1 aliphatic carbocycles. The maximum atomic E-state index is 3.48. The van der Waals surface area contributed by atoms with E-state index < -0.39 is 0 Å². The first-order valence-corrected chi connectivity index (χ1v) is 6.47. The first kappa shape index (κ1) is 10.8. The highest BCUT2D eigenvalue weighted by Crippen LogP contribution is 2.21. The van der Waals surface area contributed by atoms with E-state index in [0.717, 1.165) is 18.9 Å². The second-order valence-corrected chi connectivity index (χ2v) is 5.04. The van der Waals surface area contributed by atoms with Crippen molar-refractivity contribution in [2.24, 2.45) is 0 Å². The van der Waals surface area contributed by atoms with Crippen LogP contribution in [0.3, 0.4) is 0 Å². The summed E-state index contributed by atoms with van der Waals surface area (Å²) in [6, 6.07) is 1.30. The Bertz CT molecular complexity index is 345. The zero-order chi connectivity index (χ0) is 11.7. The number of nitrogens with one attached hydrogen (secondary N) is 4. The molecule has 0 aromatic carbocycles. The number of hydrazine groups is 1. The Morgan fingerprint density at radius 3 is 2.88 bits per heavy atom. The van der Waals surface area contributed by atoms with Gasteiger partial charge < -0.3 is 21.0 Å². The molecule has 1 atom stereocenters. The molecule has 17 heavy (non-hydrogen) atoms. The third-order valence-electron chi connectivity index (χ3n) is 3.62. The van der Waals surface area contributed by atoms with E-state index in [0.29, 0.717) is 12.1 Å². The van der Waals surface area contributed by atoms with Crippen LogP contribution in [0.25, 0.3) is 0 Å². The van der Waals surface area contributed by atoms with Crippen LogP contribution in [0.15, 0.2) is 23.8 Å². The van der Waals surface area contributed by atoms with Gasteiger partial charge in [-0.2, -0.15) is 0 Å². The number of allylic oxidation sites excluding steroid dienone is 1. The lowest BCUT2D eigenvalue weighted by atomic mass is 10.3. The van der Waals surface area contributed by atoms with E-state index in [-0.39, 0.29) is 0 Å². The molecular formula is C12H21N5.